The molecule has 0 saturated carbocycles. The Morgan fingerprint density at radius 3 is 1.88 bits per heavy atom. The second-order valence-corrected chi connectivity index (χ2v) is 25.7. The number of hydrogen-bond donors (Lipinski definition) is 5. The lowest BCUT2D eigenvalue weighted by Gasteiger charge is -2.30. The van der Waals surface area contributed by atoms with Crippen LogP contribution in [0.25, 0.3) is 5.57 Å². The van der Waals surface area contributed by atoms with E-state index in [1.165, 1.54) is 24.3 Å². The molecule has 0 amide bonds. The molecule has 1 atom stereocenters. The smallest absolute Gasteiger partial charge is 0.311 e. The molecule has 1 aliphatic rings. The molecule has 3 aromatic rings. The number of carbonyl (C=O) groups is 1. The summed E-state index contributed by atoms with van der Waals surface area (Å²) in [6.07, 6.45) is 9.48. The van der Waals surface area contributed by atoms with Gasteiger partial charge >= 0.3 is 5.97 Å². The highest BCUT2D eigenvalue weighted by molar-refractivity contribution is 7.86. The van der Waals surface area contributed by atoms with Crippen molar-refractivity contribution in [2.75, 3.05) is 94.3 Å². The molecule has 0 bridgehead atoms. The average molecular weight is 1160 g/mol. The van der Waals surface area contributed by atoms with Gasteiger partial charge in [0.25, 0.3) is 40.5 Å². The van der Waals surface area contributed by atoms with Crippen LogP contribution in [0.4, 0.5) is 11.4 Å². The molecule has 77 heavy (non-hydrogen) atoms. The van der Waals surface area contributed by atoms with Crippen molar-refractivity contribution in [2.45, 2.75) is 94.3 Å². The molecule has 1 unspecified atom stereocenters. The summed E-state index contributed by atoms with van der Waals surface area (Å²) in [4.78, 5) is 15.8. The van der Waals surface area contributed by atoms with Gasteiger partial charge < -0.3 is 38.6 Å². The van der Waals surface area contributed by atoms with Gasteiger partial charge in [-0.05, 0) is 123 Å². The zero-order valence-electron chi connectivity index (χ0n) is 44.2. The highest BCUT2D eigenvalue weighted by Gasteiger charge is 2.43. The van der Waals surface area contributed by atoms with Gasteiger partial charge in [-0.3, -0.25) is 23.0 Å². The van der Waals surface area contributed by atoms with Crippen LogP contribution in [-0.2, 0) is 69.6 Å². The van der Waals surface area contributed by atoms with Gasteiger partial charge in [-0.1, -0.05) is 45.4 Å². The molecule has 0 aromatic heterocycles. The quantitative estimate of drug-likeness (QED) is 0.0127. The largest absolute Gasteiger partial charge is 0.507 e. The van der Waals surface area contributed by atoms with E-state index in [9.17, 15) is 61.8 Å². The van der Waals surface area contributed by atoms with E-state index in [4.69, 9.17) is 23.7 Å². The third-order valence-electron chi connectivity index (χ3n) is 12.3. The van der Waals surface area contributed by atoms with Gasteiger partial charge in [-0.2, -0.15) is 33.7 Å². The highest BCUT2D eigenvalue weighted by Crippen LogP contribution is 2.51. The lowest BCUT2D eigenvalue weighted by atomic mass is 9.77. The topological polar surface area (TPSA) is 307 Å². The lowest BCUT2D eigenvalue weighted by molar-refractivity contribution is -0.134. The number of benzene rings is 3. The predicted octanol–water partition coefficient (Wildman–Crippen LogP) is 7.54. The van der Waals surface area contributed by atoms with Gasteiger partial charge in [0, 0.05) is 67.3 Å². The molecular weight excluding hydrogens is 1080 g/mol. The van der Waals surface area contributed by atoms with E-state index in [0.717, 1.165) is 12.1 Å². The van der Waals surface area contributed by atoms with Crippen LogP contribution < -0.4 is 14.5 Å². The van der Waals surface area contributed by atoms with Crippen LogP contribution >= 0.6 is 0 Å². The maximum Gasteiger partial charge on any atom is 0.311 e. The zero-order chi connectivity index (χ0) is 57.1. The first-order valence-electron chi connectivity index (χ1n) is 25.0. The normalized spacial score (nSPS) is 16.1. The van der Waals surface area contributed by atoms with Gasteiger partial charge in [0.1, 0.15) is 11.5 Å². The van der Waals surface area contributed by atoms with Crippen molar-refractivity contribution in [3.8, 4) is 11.5 Å². The number of carbonyl (C=O) groups excluding carboxylic acids is 1. The first-order chi connectivity index (χ1) is 36.0. The van der Waals surface area contributed by atoms with E-state index in [1.807, 2.05) is 22.8 Å². The first kappa shape index (κ1) is 64.8. The summed E-state index contributed by atoms with van der Waals surface area (Å²) in [6.45, 7) is 11.4. The van der Waals surface area contributed by atoms with Crippen molar-refractivity contribution in [3.63, 3.8) is 0 Å². The zero-order valence-corrected chi connectivity index (χ0v) is 47.5. The summed E-state index contributed by atoms with van der Waals surface area (Å²) in [5, 5.41) is 11.7. The molecule has 0 saturated heterocycles. The SMILES string of the molecule is COCCOCCOCCOCCN(CCCS(=O)(=O)O)c1ccc(C(=C\CC(C)(C)C)/C=C/C=C2\N(CCCCCC(=O)Oc3ccc(S(=O)(=O)O)cc3)c3ccc(S(=O)(=O)O)cc3C2(C)CCCS(=O)(=O)O)c(O)c1. The summed E-state index contributed by atoms with van der Waals surface area (Å²) >= 11 is 0. The predicted molar refractivity (Wildman–Crippen MR) is 292 cm³/mol. The summed E-state index contributed by atoms with van der Waals surface area (Å²) < 4.78 is 160. The number of anilines is 2. The molecule has 0 aliphatic carbocycles. The fourth-order valence-electron chi connectivity index (χ4n) is 8.44. The molecule has 5 N–H and O–H groups in total. The molecule has 430 valence electrons. The Morgan fingerprint density at radius 1 is 0.701 bits per heavy atom. The third kappa shape index (κ3) is 22.5. The maximum atomic E-state index is 12.7. The Hall–Kier alpha value is -4.77. The van der Waals surface area contributed by atoms with Gasteiger partial charge in [0.15, 0.2) is 0 Å². The number of esters is 1. The van der Waals surface area contributed by atoms with Crippen molar-refractivity contribution in [1.82, 2.24) is 0 Å². The van der Waals surface area contributed by atoms with E-state index < -0.39 is 63.4 Å². The molecule has 0 spiro atoms. The number of hydrogen-bond acceptors (Lipinski definition) is 17. The van der Waals surface area contributed by atoms with E-state index in [2.05, 4.69) is 20.8 Å². The number of unbranched alkanes of at least 4 members (excludes halogenated alkanes) is 2. The maximum absolute atomic E-state index is 12.7. The standard InChI is InChI=1S/C52H74N2O19S4/c1-51(2,3)25-23-40(45-21-15-41(38-48(45)55)53(26-11-37-75(60,61)62)28-29-70-32-33-72-35-34-71-31-30-69-5)12-9-13-49-52(4,24-10-36-74(57,58)59)46-39-44(77(66,67)68)20-22-47(46)54(49)27-8-6-7-14-50(56)73-42-16-18-43(19-17-42)76(63,64)65/h9,12-13,15-23,38-39,55H,6-8,10-11,14,24-37H2,1-5H3,(H,57,58,59)(H,60,61,62)(H,63,64,65)(H,66,67,68)/b12-9+,40-23-,49-13-. The second-order valence-electron chi connectivity index (χ2n) is 19.8. The number of methoxy groups -OCH3 is 1. The van der Waals surface area contributed by atoms with Crippen LogP contribution in [-0.4, -0.2) is 147 Å². The number of rotatable bonds is 34. The van der Waals surface area contributed by atoms with Crippen LogP contribution in [0.15, 0.2) is 100 Å². The number of allylic oxidation sites excluding steroid dienone is 6. The minimum absolute atomic E-state index is 0.00850. The molecule has 0 radical (unpaired) electrons. The van der Waals surface area contributed by atoms with E-state index in [0.29, 0.717) is 106 Å². The number of phenols is 1. The van der Waals surface area contributed by atoms with Crippen LogP contribution in [0.2, 0.25) is 0 Å². The Balaban J connectivity index is 1.65. The third-order valence-corrected chi connectivity index (χ3v) is 15.7. The number of fused-ring (bicyclic) bond motifs is 1. The second kappa shape index (κ2) is 29.4. The van der Waals surface area contributed by atoms with Crippen molar-refractivity contribution < 1.29 is 85.5 Å². The highest BCUT2D eigenvalue weighted by atomic mass is 32.2. The van der Waals surface area contributed by atoms with Crippen LogP contribution in [0.5, 0.6) is 11.5 Å². The molecule has 21 nitrogen and oxygen atoms in total. The van der Waals surface area contributed by atoms with E-state index in [-0.39, 0.29) is 72.1 Å². The minimum Gasteiger partial charge on any atom is -0.507 e. The molecule has 3 aromatic carbocycles. The van der Waals surface area contributed by atoms with Crippen molar-refractivity contribution in [1.29, 1.82) is 0 Å². The average Bonchev–Trinajstić information content (AvgIpc) is 3.55. The van der Waals surface area contributed by atoms with Crippen molar-refractivity contribution >= 4 is 63.4 Å². The first-order valence-corrected chi connectivity index (χ1v) is 31.1. The summed E-state index contributed by atoms with van der Waals surface area (Å²) in [5.74, 6) is -1.64. The summed E-state index contributed by atoms with van der Waals surface area (Å²) in [7, 11) is -16.2. The van der Waals surface area contributed by atoms with Gasteiger partial charge in [0.2, 0.25) is 0 Å². The monoisotopic (exact) mass is 1160 g/mol. The lowest BCUT2D eigenvalue weighted by Crippen LogP contribution is -2.30. The summed E-state index contributed by atoms with van der Waals surface area (Å²) in [6, 6.07) is 13.9. The minimum atomic E-state index is -4.69. The van der Waals surface area contributed by atoms with Gasteiger partial charge in [-0.15, -0.1) is 0 Å². The number of ether oxygens (including phenoxy) is 5. The Bertz CT molecular complexity index is 2970. The van der Waals surface area contributed by atoms with Crippen LogP contribution in [0, 0.1) is 5.41 Å². The molecule has 0 fully saturated rings. The van der Waals surface area contributed by atoms with Crippen LogP contribution in [0.3, 0.4) is 0 Å². The van der Waals surface area contributed by atoms with E-state index in [1.54, 1.807) is 49.6 Å². The Labute approximate surface area is 453 Å². The van der Waals surface area contributed by atoms with E-state index >= 15 is 0 Å². The van der Waals surface area contributed by atoms with Crippen molar-refractivity contribution in [3.05, 3.63) is 102 Å². The van der Waals surface area contributed by atoms with Gasteiger partial charge in [0.05, 0.1) is 67.5 Å². The Morgan fingerprint density at radius 2 is 1.30 bits per heavy atom. The fraction of sp³-hybridized carbons (Fsp3) is 0.519. The number of nitrogens with zero attached hydrogens (tertiary/aromatic N) is 2. The molecule has 1 heterocycles. The molecule has 25 heteroatoms. The van der Waals surface area contributed by atoms with Crippen molar-refractivity contribution in [2.24, 2.45) is 5.41 Å². The molecular formula is C52H74N2O19S4. The number of aromatic hydroxyl groups is 1. The fourth-order valence-corrected chi connectivity index (χ4v) is 10.4. The summed E-state index contributed by atoms with van der Waals surface area (Å²) in [5.41, 5.74) is 2.04. The molecule has 4 rings (SSSR count). The van der Waals surface area contributed by atoms with Gasteiger partial charge in [-0.25, -0.2) is 0 Å². The van der Waals surface area contributed by atoms with Crippen LogP contribution in [0.1, 0.15) is 90.2 Å². The number of phenolic OH excluding ortho intramolecular Hbond substituents is 1. The molecule has 1 aliphatic heterocycles. The Kier molecular flexibility index (Phi) is 24.8.